The Labute approximate surface area is 343 Å². The molecule has 0 aromatic heterocycles. The number of rotatable bonds is 8. The molecule has 0 atom stereocenters. The number of nitrogens with zero attached hydrogens (tertiary/aromatic N) is 2. The predicted molar refractivity (Wildman–Crippen MR) is 247 cm³/mol. The summed E-state index contributed by atoms with van der Waals surface area (Å²) < 4.78 is 0. The number of hydrogen-bond acceptors (Lipinski definition) is 2. The van der Waals surface area contributed by atoms with Crippen molar-refractivity contribution in [2.45, 2.75) is 76.0 Å². The highest BCUT2D eigenvalue weighted by Crippen LogP contribution is 2.51. The third kappa shape index (κ3) is 6.45. The zero-order valence-corrected chi connectivity index (χ0v) is 33.3. The minimum absolute atomic E-state index is 0.698. The molecule has 0 bridgehead atoms. The summed E-state index contributed by atoms with van der Waals surface area (Å²) in [5.74, 6) is 1.40. The van der Waals surface area contributed by atoms with E-state index in [2.05, 4.69) is 180 Å². The van der Waals surface area contributed by atoms with E-state index in [1.165, 1.54) is 153 Å². The van der Waals surface area contributed by atoms with E-state index in [0.29, 0.717) is 11.8 Å². The summed E-state index contributed by atoms with van der Waals surface area (Å²) in [6.07, 6.45) is 13.5. The first-order valence-electron chi connectivity index (χ1n) is 21.8. The molecular weight excluding hydrogens is 701 g/mol. The number of anilines is 6. The summed E-state index contributed by atoms with van der Waals surface area (Å²) in [4.78, 5) is 4.82. The molecule has 2 fully saturated rings. The Kier molecular flexibility index (Phi) is 9.07. The topological polar surface area (TPSA) is 6.48 Å². The average molecular weight is 751 g/mol. The van der Waals surface area contributed by atoms with Gasteiger partial charge in [0.1, 0.15) is 0 Å². The molecule has 0 spiro atoms. The molecule has 0 saturated heterocycles. The van der Waals surface area contributed by atoms with Gasteiger partial charge in [-0.3, -0.25) is 0 Å². The van der Waals surface area contributed by atoms with Gasteiger partial charge in [-0.1, -0.05) is 111 Å². The van der Waals surface area contributed by atoms with E-state index in [4.69, 9.17) is 0 Å². The highest BCUT2D eigenvalue weighted by atomic mass is 15.1. The average Bonchev–Trinajstić information content (AvgIpc) is 3.30. The van der Waals surface area contributed by atoms with E-state index in [-0.39, 0.29) is 0 Å². The number of benzene rings is 8. The lowest BCUT2D eigenvalue weighted by Gasteiger charge is -2.29. The fourth-order valence-corrected chi connectivity index (χ4v) is 10.4. The van der Waals surface area contributed by atoms with Crippen LogP contribution in [0.25, 0.3) is 43.8 Å². The molecule has 0 N–H and O–H groups in total. The van der Waals surface area contributed by atoms with Crippen LogP contribution >= 0.6 is 0 Å². The molecule has 8 aromatic rings. The highest BCUT2D eigenvalue weighted by Gasteiger charge is 2.25. The molecule has 58 heavy (non-hydrogen) atoms. The van der Waals surface area contributed by atoms with Gasteiger partial charge in [0.05, 0.1) is 0 Å². The van der Waals surface area contributed by atoms with Crippen LogP contribution in [0.15, 0.2) is 170 Å². The molecule has 2 nitrogen and oxygen atoms in total. The molecule has 2 saturated carbocycles. The van der Waals surface area contributed by atoms with Crippen molar-refractivity contribution in [3.05, 3.63) is 181 Å². The van der Waals surface area contributed by atoms with E-state index < -0.39 is 0 Å². The van der Waals surface area contributed by atoms with Crippen LogP contribution in [-0.2, 0) is 0 Å². The molecule has 8 aromatic carbocycles. The van der Waals surface area contributed by atoms with Gasteiger partial charge in [-0.25, -0.2) is 0 Å². The summed E-state index contributed by atoms with van der Waals surface area (Å²) in [6, 6.07) is 64.1. The van der Waals surface area contributed by atoms with Gasteiger partial charge in [-0.2, -0.15) is 0 Å². The Morgan fingerprint density at radius 3 is 0.983 bits per heavy atom. The first kappa shape index (κ1) is 35.1. The second-order valence-corrected chi connectivity index (χ2v) is 17.1. The van der Waals surface area contributed by atoms with Gasteiger partial charge in [0.2, 0.25) is 0 Å². The lowest BCUT2D eigenvalue weighted by atomic mass is 9.78. The molecule has 0 radical (unpaired) electrons. The first-order chi connectivity index (χ1) is 28.7. The van der Waals surface area contributed by atoms with E-state index in [1.807, 2.05) is 0 Å². The van der Waals surface area contributed by atoms with Gasteiger partial charge < -0.3 is 9.80 Å². The lowest BCUT2D eigenvalue weighted by Crippen LogP contribution is -2.11. The maximum atomic E-state index is 2.42. The summed E-state index contributed by atoms with van der Waals surface area (Å²) in [7, 11) is 0. The van der Waals surface area contributed by atoms with Crippen molar-refractivity contribution in [1.29, 1.82) is 0 Å². The van der Waals surface area contributed by atoms with Crippen LogP contribution in [0.5, 0.6) is 0 Å². The largest absolute Gasteiger partial charge is 0.310 e. The van der Waals surface area contributed by atoms with Crippen molar-refractivity contribution in [2.75, 3.05) is 9.80 Å². The van der Waals surface area contributed by atoms with Crippen molar-refractivity contribution >= 4 is 55.7 Å². The normalized spacial score (nSPS) is 15.4. The summed E-state index contributed by atoms with van der Waals surface area (Å²) in [5.41, 5.74) is 15.5. The Hall–Kier alpha value is -6.12. The van der Waals surface area contributed by atoms with Crippen molar-refractivity contribution < 1.29 is 0 Å². The Morgan fingerprint density at radius 1 is 0.276 bits per heavy atom. The number of para-hydroxylation sites is 2. The fourth-order valence-electron chi connectivity index (χ4n) is 10.4. The van der Waals surface area contributed by atoms with Crippen molar-refractivity contribution in [1.82, 2.24) is 0 Å². The molecular formula is C56H50N2. The number of hydrogen-bond donors (Lipinski definition) is 0. The van der Waals surface area contributed by atoms with Crippen LogP contribution in [0.4, 0.5) is 34.1 Å². The maximum absolute atomic E-state index is 2.42. The highest BCUT2D eigenvalue weighted by molar-refractivity contribution is 6.12. The van der Waals surface area contributed by atoms with Crippen molar-refractivity contribution in [3.63, 3.8) is 0 Å². The smallest absolute Gasteiger partial charge is 0.0468 e. The fraction of sp³-hybridized carbons (Fsp3) is 0.214. The second kappa shape index (κ2) is 15.0. The SMILES string of the molecule is c1ccc(N(c2ccc(C3CCCCC3)cc2)c2ccc3cc4c(cc3c2)-c2cc3cc(N(c5ccccc5)c5ccc(C6CCCCC6)cc5)ccc3cc2-4)cc1. The molecule has 0 heterocycles. The standard InChI is InChI=1S/C56H50N2/c1-5-13-39(14-6-1)41-21-27-49(28-22-41)57(47-17-9-3-10-18-47)51-31-25-43-35-53-54-36-44-26-32-52(34-46(44)38-56(54)55(53)37-45(43)33-51)58(48-19-11-4-12-20-48)50-29-23-42(24-30-50)40-15-7-2-8-16-40/h3-4,9-12,17-40H,1-2,5-8,13-16H2. The molecule has 0 amide bonds. The second-order valence-electron chi connectivity index (χ2n) is 17.1. The summed E-state index contributed by atoms with van der Waals surface area (Å²) >= 11 is 0. The molecule has 2 heteroatoms. The van der Waals surface area contributed by atoms with E-state index in [1.54, 1.807) is 0 Å². The van der Waals surface area contributed by atoms with E-state index in [0.717, 1.165) is 0 Å². The third-order valence-electron chi connectivity index (χ3n) is 13.5. The van der Waals surface area contributed by atoms with Crippen LogP contribution in [0.1, 0.15) is 87.2 Å². The van der Waals surface area contributed by atoms with Gasteiger partial charge >= 0.3 is 0 Å². The van der Waals surface area contributed by atoms with Gasteiger partial charge in [0.25, 0.3) is 0 Å². The zero-order chi connectivity index (χ0) is 38.4. The molecule has 0 unspecified atom stereocenters. The van der Waals surface area contributed by atoms with Gasteiger partial charge in [0, 0.05) is 34.1 Å². The molecule has 11 rings (SSSR count). The van der Waals surface area contributed by atoms with E-state index in [9.17, 15) is 0 Å². The van der Waals surface area contributed by atoms with Crippen LogP contribution in [0, 0.1) is 0 Å². The lowest BCUT2D eigenvalue weighted by molar-refractivity contribution is 0.443. The van der Waals surface area contributed by atoms with E-state index >= 15 is 0 Å². The predicted octanol–water partition coefficient (Wildman–Crippen LogP) is 16.7. The zero-order valence-electron chi connectivity index (χ0n) is 33.3. The molecule has 3 aliphatic rings. The summed E-state index contributed by atoms with van der Waals surface area (Å²) in [6.45, 7) is 0. The van der Waals surface area contributed by atoms with Crippen LogP contribution in [-0.4, -0.2) is 0 Å². The quantitative estimate of drug-likeness (QED) is 0.153. The number of fused-ring (bicyclic) bond motifs is 6. The van der Waals surface area contributed by atoms with Crippen LogP contribution in [0.2, 0.25) is 0 Å². The summed E-state index contributed by atoms with van der Waals surface area (Å²) in [5, 5.41) is 5.08. The molecule has 3 aliphatic carbocycles. The maximum Gasteiger partial charge on any atom is 0.0468 e. The van der Waals surface area contributed by atoms with Gasteiger partial charge in [-0.15, -0.1) is 0 Å². The molecule has 0 aliphatic heterocycles. The van der Waals surface area contributed by atoms with Crippen molar-refractivity contribution in [2.24, 2.45) is 0 Å². The minimum atomic E-state index is 0.698. The Bertz CT molecular complexity index is 2530. The van der Waals surface area contributed by atoms with Crippen molar-refractivity contribution in [3.8, 4) is 22.3 Å². The minimum Gasteiger partial charge on any atom is -0.310 e. The third-order valence-corrected chi connectivity index (χ3v) is 13.5. The van der Waals surface area contributed by atoms with Crippen LogP contribution < -0.4 is 9.80 Å². The Balaban J connectivity index is 0.936. The first-order valence-corrected chi connectivity index (χ1v) is 21.8. The molecule has 284 valence electrons. The Morgan fingerprint density at radius 2 is 0.603 bits per heavy atom. The van der Waals surface area contributed by atoms with Crippen LogP contribution in [0.3, 0.4) is 0 Å². The monoisotopic (exact) mass is 750 g/mol. The van der Waals surface area contributed by atoms with Gasteiger partial charge in [-0.05, 0) is 190 Å². The van der Waals surface area contributed by atoms with Gasteiger partial charge in [0.15, 0.2) is 0 Å².